The fourth-order valence-corrected chi connectivity index (χ4v) is 2.54. The van der Waals surface area contributed by atoms with E-state index in [2.05, 4.69) is 16.6 Å². The number of allylic oxidation sites excluding steroid dienone is 1. The van der Waals surface area contributed by atoms with Crippen molar-refractivity contribution >= 4 is 35.0 Å². The molecule has 0 atom stereocenters. The molecule has 20 heavy (non-hydrogen) atoms. The van der Waals surface area contributed by atoms with Crippen LogP contribution in [0.2, 0.25) is 0 Å². The largest absolute Gasteiger partial charge is 0.465 e. The van der Waals surface area contributed by atoms with Crippen molar-refractivity contribution in [3.8, 4) is 0 Å². The van der Waals surface area contributed by atoms with E-state index in [9.17, 15) is 9.59 Å². The SMILES string of the molecule is C1CCC1.C=C(CC)c1scc(C(=O)OC)c1NC=O. The number of thiophene rings is 1. The van der Waals surface area contributed by atoms with Gasteiger partial charge in [0.2, 0.25) is 6.41 Å². The van der Waals surface area contributed by atoms with Crippen LogP contribution in [-0.2, 0) is 9.53 Å². The molecular weight excluding hydrogens is 274 g/mol. The lowest BCUT2D eigenvalue weighted by Gasteiger charge is -2.05. The van der Waals surface area contributed by atoms with Crippen molar-refractivity contribution in [2.24, 2.45) is 0 Å². The summed E-state index contributed by atoms with van der Waals surface area (Å²) in [6.45, 7) is 5.85. The third kappa shape index (κ3) is 4.20. The van der Waals surface area contributed by atoms with Crippen molar-refractivity contribution in [2.75, 3.05) is 12.4 Å². The second kappa shape index (κ2) is 8.53. The van der Waals surface area contributed by atoms with Gasteiger partial charge in [0.05, 0.1) is 23.2 Å². The lowest BCUT2D eigenvalue weighted by Crippen LogP contribution is -2.05. The Kier molecular flexibility index (Phi) is 7.01. The lowest BCUT2D eigenvalue weighted by atomic mass is 10.0. The molecule has 1 fully saturated rings. The normalized spacial score (nSPS) is 12.5. The second-order valence-electron chi connectivity index (χ2n) is 4.48. The van der Waals surface area contributed by atoms with Gasteiger partial charge >= 0.3 is 5.97 Å². The van der Waals surface area contributed by atoms with Gasteiger partial charge in [0, 0.05) is 5.38 Å². The maximum absolute atomic E-state index is 11.4. The molecular formula is C15H21NO3S. The minimum absolute atomic E-state index is 0.365. The van der Waals surface area contributed by atoms with E-state index in [1.165, 1.54) is 44.1 Å². The average Bonchev–Trinajstić information content (AvgIpc) is 2.79. The van der Waals surface area contributed by atoms with E-state index >= 15 is 0 Å². The quantitative estimate of drug-likeness (QED) is 0.657. The van der Waals surface area contributed by atoms with E-state index in [0.29, 0.717) is 17.7 Å². The van der Waals surface area contributed by atoms with Gasteiger partial charge in [0.25, 0.3) is 0 Å². The Morgan fingerprint density at radius 2 is 2.05 bits per heavy atom. The summed E-state index contributed by atoms with van der Waals surface area (Å²) < 4.78 is 4.63. The van der Waals surface area contributed by atoms with Crippen molar-refractivity contribution in [3.63, 3.8) is 0 Å². The molecule has 1 heterocycles. The summed E-state index contributed by atoms with van der Waals surface area (Å²) in [5, 5.41) is 4.18. The predicted octanol–water partition coefficient (Wildman–Crippen LogP) is 4.09. The summed E-state index contributed by atoms with van der Waals surface area (Å²) in [6.07, 6.45) is 7.30. The van der Waals surface area contributed by atoms with Crippen molar-refractivity contribution < 1.29 is 14.3 Å². The van der Waals surface area contributed by atoms with Gasteiger partial charge in [-0.05, 0) is 12.0 Å². The maximum Gasteiger partial charge on any atom is 0.340 e. The third-order valence-corrected chi connectivity index (χ3v) is 4.23. The number of ether oxygens (including phenoxy) is 1. The summed E-state index contributed by atoms with van der Waals surface area (Å²) in [4.78, 5) is 22.8. The molecule has 0 bridgehead atoms. The van der Waals surface area contributed by atoms with Crippen LogP contribution in [-0.4, -0.2) is 19.5 Å². The van der Waals surface area contributed by atoms with Crippen LogP contribution in [0.3, 0.4) is 0 Å². The summed E-state index contributed by atoms with van der Waals surface area (Å²) >= 11 is 1.37. The minimum Gasteiger partial charge on any atom is -0.465 e. The molecule has 0 aromatic carbocycles. The summed E-state index contributed by atoms with van der Waals surface area (Å²) in [7, 11) is 1.30. The highest BCUT2D eigenvalue weighted by Crippen LogP contribution is 2.34. The van der Waals surface area contributed by atoms with E-state index in [1.807, 2.05) is 6.92 Å². The van der Waals surface area contributed by atoms with Gasteiger partial charge in [-0.1, -0.05) is 39.2 Å². The molecule has 0 radical (unpaired) electrons. The first-order chi connectivity index (χ1) is 9.65. The number of methoxy groups -OCH3 is 1. The third-order valence-electron chi connectivity index (χ3n) is 3.15. The van der Waals surface area contributed by atoms with Crippen molar-refractivity contribution in [2.45, 2.75) is 39.0 Å². The molecule has 110 valence electrons. The van der Waals surface area contributed by atoms with Crippen LogP contribution in [0, 0.1) is 0 Å². The van der Waals surface area contributed by atoms with Crippen LogP contribution in [0.15, 0.2) is 12.0 Å². The predicted molar refractivity (Wildman–Crippen MR) is 83.1 cm³/mol. The highest BCUT2D eigenvalue weighted by atomic mass is 32.1. The molecule has 1 aromatic rings. The van der Waals surface area contributed by atoms with Gasteiger partial charge in [-0.3, -0.25) is 4.79 Å². The number of carbonyl (C=O) groups excluding carboxylic acids is 2. The Hall–Kier alpha value is -1.62. The highest BCUT2D eigenvalue weighted by Gasteiger charge is 2.18. The van der Waals surface area contributed by atoms with Crippen molar-refractivity contribution in [1.29, 1.82) is 0 Å². The number of carbonyl (C=O) groups is 2. The molecule has 0 spiro atoms. The van der Waals surface area contributed by atoms with Gasteiger partial charge in [-0.15, -0.1) is 11.3 Å². The zero-order valence-electron chi connectivity index (χ0n) is 12.0. The van der Waals surface area contributed by atoms with Crippen LogP contribution < -0.4 is 5.32 Å². The Morgan fingerprint density at radius 1 is 1.45 bits per heavy atom. The molecule has 0 unspecified atom stereocenters. The average molecular weight is 295 g/mol. The zero-order valence-corrected chi connectivity index (χ0v) is 12.8. The van der Waals surface area contributed by atoms with Crippen LogP contribution in [0.1, 0.15) is 54.3 Å². The van der Waals surface area contributed by atoms with E-state index in [1.54, 1.807) is 5.38 Å². The summed E-state index contributed by atoms with van der Waals surface area (Å²) in [5.41, 5.74) is 1.73. The Bertz CT molecular complexity index is 438. The van der Waals surface area contributed by atoms with E-state index in [-0.39, 0.29) is 0 Å². The van der Waals surface area contributed by atoms with E-state index in [0.717, 1.165) is 16.9 Å². The molecule has 4 nitrogen and oxygen atoms in total. The Balaban J connectivity index is 0.000000425. The molecule has 1 saturated carbocycles. The molecule has 1 aromatic heterocycles. The number of esters is 1. The van der Waals surface area contributed by atoms with E-state index in [4.69, 9.17) is 0 Å². The van der Waals surface area contributed by atoms with Gasteiger partial charge < -0.3 is 10.1 Å². The Morgan fingerprint density at radius 3 is 2.45 bits per heavy atom. The first kappa shape index (κ1) is 16.4. The fourth-order valence-electron chi connectivity index (χ4n) is 1.49. The van der Waals surface area contributed by atoms with Crippen LogP contribution in [0.5, 0.6) is 0 Å². The number of anilines is 1. The van der Waals surface area contributed by atoms with Crippen LogP contribution in [0.25, 0.3) is 5.57 Å². The number of hydrogen-bond acceptors (Lipinski definition) is 4. The van der Waals surface area contributed by atoms with Gasteiger partial charge in [-0.2, -0.15) is 0 Å². The van der Waals surface area contributed by atoms with Gasteiger partial charge in [-0.25, -0.2) is 4.79 Å². The molecule has 1 aliphatic rings. The lowest BCUT2D eigenvalue weighted by molar-refractivity contribution is -0.105. The zero-order chi connectivity index (χ0) is 15.0. The molecule has 1 amide bonds. The highest BCUT2D eigenvalue weighted by molar-refractivity contribution is 7.12. The minimum atomic E-state index is -0.462. The summed E-state index contributed by atoms with van der Waals surface area (Å²) in [6, 6.07) is 0. The van der Waals surface area contributed by atoms with Gasteiger partial charge in [0.1, 0.15) is 0 Å². The van der Waals surface area contributed by atoms with E-state index < -0.39 is 5.97 Å². The molecule has 2 rings (SSSR count). The number of nitrogens with one attached hydrogen (secondary N) is 1. The monoisotopic (exact) mass is 295 g/mol. The number of rotatable bonds is 5. The second-order valence-corrected chi connectivity index (χ2v) is 5.36. The molecule has 1 aliphatic carbocycles. The van der Waals surface area contributed by atoms with Crippen LogP contribution in [0.4, 0.5) is 5.69 Å². The van der Waals surface area contributed by atoms with Crippen molar-refractivity contribution in [1.82, 2.24) is 0 Å². The number of hydrogen-bond donors (Lipinski definition) is 1. The molecule has 5 heteroatoms. The standard InChI is InChI=1S/C11H13NO3S.C4H8/c1-4-7(2)10-9(12-6-13)8(5-16-10)11(14)15-3;1-2-4-3-1/h5-6H,2,4H2,1,3H3,(H,12,13);1-4H2. The first-order valence-electron chi connectivity index (χ1n) is 6.73. The summed E-state index contributed by atoms with van der Waals surface area (Å²) in [5.74, 6) is -0.462. The van der Waals surface area contributed by atoms with Gasteiger partial charge in [0.15, 0.2) is 0 Å². The smallest absolute Gasteiger partial charge is 0.340 e. The molecule has 1 N–H and O–H groups in total. The van der Waals surface area contributed by atoms with Crippen molar-refractivity contribution in [3.05, 3.63) is 22.4 Å². The number of amides is 1. The Labute approximate surface area is 123 Å². The first-order valence-corrected chi connectivity index (χ1v) is 7.61. The fraction of sp³-hybridized carbons (Fsp3) is 0.467. The van der Waals surface area contributed by atoms with Crippen LogP contribution >= 0.6 is 11.3 Å². The topological polar surface area (TPSA) is 55.4 Å². The molecule has 0 aliphatic heterocycles. The molecule has 0 saturated heterocycles. The maximum atomic E-state index is 11.4.